The topological polar surface area (TPSA) is 29.5 Å². The van der Waals surface area contributed by atoms with Crippen molar-refractivity contribution in [2.24, 2.45) is 0 Å². The summed E-state index contributed by atoms with van der Waals surface area (Å²) in [7, 11) is 0. The van der Waals surface area contributed by atoms with E-state index in [1.165, 1.54) is 64.2 Å². The third-order valence-corrected chi connectivity index (χ3v) is 3.13. The van der Waals surface area contributed by atoms with Crippen LogP contribution in [-0.4, -0.2) is 18.3 Å². The molecule has 0 aromatic heterocycles. The highest BCUT2D eigenvalue weighted by Gasteiger charge is 1.91. The number of hydrogen-bond donors (Lipinski definition) is 1. The van der Waals surface area contributed by atoms with E-state index < -0.39 is 0 Å². The van der Waals surface area contributed by atoms with Gasteiger partial charge in [-0.3, -0.25) is 0 Å². The van der Waals surface area contributed by atoms with Gasteiger partial charge in [-0.25, -0.2) is 0 Å². The highest BCUT2D eigenvalue weighted by atomic mass is 16.5. The fourth-order valence-electron chi connectivity index (χ4n) is 2.01. The van der Waals surface area contributed by atoms with Crippen LogP contribution in [0.3, 0.4) is 0 Å². The molecule has 0 aliphatic rings. The fourth-order valence-corrected chi connectivity index (χ4v) is 2.01. The molecule has 1 N–H and O–H groups in total. The maximum absolute atomic E-state index is 8.50. The zero-order valence-corrected chi connectivity index (χ0v) is 12.2. The molecule has 0 unspecified atom stereocenters. The first-order chi connectivity index (χ1) is 8.91. The van der Waals surface area contributed by atoms with Gasteiger partial charge in [0, 0.05) is 0 Å². The number of aliphatic hydroxyl groups excluding tert-OH is 1. The average Bonchev–Trinajstić information content (AvgIpc) is 2.39. The number of aliphatic hydroxyl groups is 1. The molecule has 0 aliphatic carbocycles. The highest BCUT2D eigenvalue weighted by Crippen LogP contribution is 2.11. The van der Waals surface area contributed by atoms with Crippen LogP contribution in [0.25, 0.3) is 0 Å². The lowest BCUT2D eigenvalue weighted by Crippen LogP contribution is -1.91. The summed E-state index contributed by atoms with van der Waals surface area (Å²) in [5.74, 6) is 0. The van der Waals surface area contributed by atoms with Crippen LogP contribution in [-0.2, 0) is 4.74 Å². The number of hydrogen-bond acceptors (Lipinski definition) is 2. The normalized spacial score (nSPS) is 11.2. The Morgan fingerprint density at radius 3 is 1.94 bits per heavy atom. The number of unbranched alkanes of at least 4 members (excludes halogenated alkanes) is 10. The van der Waals surface area contributed by atoms with Crippen LogP contribution < -0.4 is 0 Å². The third-order valence-electron chi connectivity index (χ3n) is 3.13. The molecule has 0 aliphatic heterocycles. The summed E-state index contributed by atoms with van der Waals surface area (Å²) in [6.45, 7) is 2.78. The monoisotopic (exact) mass is 256 g/mol. The van der Waals surface area contributed by atoms with Crippen molar-refractivity contribution in [2.75, 3.05) is 13.2 Å². The van der Waals surface area contributed by atoms with Crippen molar-refractivity contribution < 1.29 is 9.84 Å². The van der Waals surface area contributed by atoms with Gasteiger partial charge < -0.3 is 9.84 Å². The Bertz CT molecular complexity index is 166. The molecule has 0 saturated carbocycles. The summed E-state index contributed by atoms with van der Waals surface area (Å²) in [5.41, 5.74) is 0. The van der Waals surface area contributed by atoms with Gasteiger partial charge in [0.1, 0.15) is 6.61 Å². The van der Waals surface area contributed by atoms with Crippen LogP contribution in [0.2, 0.25) is 0 Å². The summed E-state index contributed by atoms with van der Waals surface area (Å²) >= 11 is 0. The minimum Gasteiger partial charge on any atom is -0.499 e. The summed E-state index contributed by atoms with van der Waals surface area (Å²) in [6.07, 6.45) is 18.7. The van der Waals surface area contributed by atoms with Gasteiger partial charge in [0.25, 0.3) is 0 Å². The van der Waals surface area contributed by atoms with E-state index in [-0.39, 0.29) is 6.61 Å². The van der Waals surface area contributed by atoms with Gasteiger partial charge >= 0.3 is 0 Å². The zero-order chi connectivity index (χ0) is 13.3. The second kappa shape index (κ2) is 16.5. The maximum Gasteiger partial charge on any atom is 0.110 e. The van der Waals surface area contributed by atoms with E-state index >= 15 is 0 Å². The van der Waals surface area contributed by atoms with E-state index in [2.05, 4.69) is 13.0 Å². The minimum atomic E-state index is 0.0998. The molecule has 18 heavy (non-hydrogen) atoms. The molecule has 0 aromatic rings. The quantitative estimate of drug-likeness (QED) is 0.356. The molecule has 0 saturated heterocycles. The average molecular weight is 256 g/mol. The Labute approximate surface area is 113 Å². The summed E-state index contributed by atoms with van der Waals surface area (Å²) < 4.78 is 5.04. The van der Waals surface area contributed by atoms with Crippen LogP contribution in [0.5, 0.6) is 0 Å². The van der Waals surface area contributed by atoms with E-state index in [0.717, 1.165) is 6.42 Å². The zero-order valence-electron chi connectivity index (χ0n) is 12.2. The smallest absolute Gasteiger partial charge is 0.110 e. The van der Waals surface area contributed by atoms with Gasteiger partial charge in [0.05, 0.1) is 12.9 Å². The molecule has 0 rings (SSSR count). The summed E-state index contributed by atoms with van der Waals surface area (Å²) in [4.78, 5) is 0. The van der Waals surface area contributed by atoms with E-state index in [9.17, 15) is 0 Å². The number of allylic oxidation sites excluding steroid dienone is 1. The molecule has 108 valence electrons. The van der Waals surface area contributed by atoms with E-state index in [1.54, 1.807) is 6.26 Å². The summed E-state index contributed by atoms with van der Waals surface area (Å²) in [5, 5.41) is 8.50. The van der Waals surface area contributed by atoms with Crippen LogP contribution in [0, 0.1) is 0 Å². The second-order valence-corrected chi connectivity index (χ2v) is 4.94. The van der Waals surface area contributed by atoms with Gasteiger partial charge in [0.2, 0.25) is 0 Å². The standard InChI is InChI=1S/C16H32O2/c1-2-3-4-5-6-7-8-9-10-11-12-13-15-18-16-14-17/h13,15,17H,2-12,14,16H2,1H3/b15-13+. The van der Waals surface area contributed by atoms with Crippen LogP contribution in [0.15, 0.2) is 12.3 Å². The van der Waals surface area contributed by atoms with Crippen molar-refractivity contribution in [3.63, 3.8) is 0 Å². The largest absolute Gasteiger partial charge is 0.499 e. The molecule has 0 bridgehead atoms. The molecule has 2 heteroatoms. The van der Waals surface area contributed by atoms with Gasteiger partial charge in [-0.05, 0) is 18.9 Å². The predicted molar refractivity (Wildman–Crippen MR) is 78.6 cm³/mol. The van der Waals surface area contributed by atoms with Gasteiger partial charge in [-0.15, -0.1) is 0 Å². The lowest BCUT2D eigenvalue weighted by atomic mass is 10.1. The van der Waals surface area contributed by atoms with Crippen molar-refractivity contribution in [1.29, 1.82) is 0 Å². The molecular weight excluding hydrogens is 224 g/mol. The maximum atomic E-state index is 8.50. The Hall–Kier alpha value is -0.500. The van der Waals surface area contributed by atoms with E-state index in [1.807, 2.05) is 0 Å². The Morgan fingerprint density at radius 2 is 1.39 bits per heavy atom. The Kier molecular flexibility index (Phi) is 16.0. The molecule has 0 heterocycles. The molecule has 0 fully saturated rings. The van der Waals surface area contributed by atoms with Gasteiger partial charge in [-0.1, -0.05) is 64.7 Å². The Morgan fingerprint density at radius 1 is 0.833 bits per heavy atom. The molecule has 2 nitrogen and oxygen atoms in total. The van der Waals surface area contributed by atoms with Crippen LogP contribution in [0.1, 0.15) is 77.6 Å². The SMILES string of the molecule is CCCCCCCCCCCC/C=C/OCCO. The van der Waals surface area contributed by atoms with Crippen molar-refractivity contribution in [3.05, 3.63) is 12.3 Å². The molecule has 0 aromatic carbocycles. The van der Waals surface area contributed by atoms with Gasteiger partial charge in [-0.2, -0.15) is 0 Å². The lowest BCUT2D eigenvalue weighted by molar-refractivity contribution is 0.165. The highest BCUT2D eigenvalue weighted by molar-refractivity contribution is 4.73. The van der Waals surface area contributed by atoms with Crippen molar-refractivity contribution in [2.45, 2.75) is 77.6 Å². The second-order valence-electron chi connectivity index (χ2n) is 4.94. The molecule has 0 spiro atoms. The molecule has 0 amide bonds. The van der Waals surface area contributed by atoms with E-state index in [4.69, 9.17) is 9.84 Å². The number of ether oxygens (including phenoxy) is 1. The lowest BCUT2D eigenvalue weighted by Gasteiger charge is -2.01. The number of rotatable bonds is 14. The van der Waals surface area contributed by atoms with Crippen molar-refractivity contribution >= 4 is 0 Å². The first-order valence-electron chi connectivity index (χ1n) is 7.79. The molecule has 0 atom stereocenters. The Balaban J connectivity index is 2.96. The van der Waals surface area contributed by atoms with Crippen LogP contribution in [0.4, 0.5) is 0 Å². The van der Waals surface area contributed by atoms with Crippen molar-refractivity contribution in [1.82, 2.24) is 0 Å². The molecule has 0 radical (unpaired) electrons. The fraction of sp³-hybridized carbons (Fsp3) is 0.875. The summed E-state index contributed by atoms with van der Waals surface area (Å²) in [6, 6.07) is 0. The first-order valence-corrected chi connectivity index (χ1v) is 7.79. The minimum absolute atomic E-state index is 0.0998. The molecular formula is C16H32O2. The van der Waals surface area contributed by atoms with Crippen molar-refractivity contribution in [3.8, 4) is 0 Å². The first kappa shape index (κ1) is 17.5. The third kappa shape index (κ3) is 15.5. The predicted octanol–water partition coefficient (Wildman–Crippen LogP) is 4.82. The van der Waals surface area contributed by atoms with E-state index in [0.29, 0.717) is 6.61 Å². The van der Waals surface area contributed by atoms with Gasteiger partial charge in [0.15, 0.2) is 0 Å². The van der Waals surface area contributed by atoms with Crippen LogP contribution >= 0.6 is 0 Å².